The highest BCUT2D eigenvalue weighted by Gasteiger charge is 2.45. The molecule has 41 heavy (non-hydrogen) atoms. The molecule has 0 amide bonds. The molecule has 12 heteroatoms. The molecule has 1 aromatic heterocycles. The SMILES string of the molecule is COCC(=O)[C@@H]1CC2(CCN(c3cc(O[C@H](c4ccc(Cl)cc4-c4ccccc4)C(F)(F)F)nc(N)n3)CC2)CN1. The summed E-state index contributed by atoms with van der Waals surface area (Å²) in [6.07, 6.45) is -4.80. The number of halogens is 4. The fourth-order valence-corrected chi connectivity index (χ4v) is 5.86. The molecule has 2 fully saturated rings. The zero-order valence-electron chi connectivity index (χ0n) is 22.5. The molecule has 0 radical (unpaired) electrons. The smallest absolute Gasteiger partial charge is 0.429 e. The van der Waals surface area contributed by atoms with E-state index in [0.717, 1.165) is 25.8 Å². The second-order valence-corrected chi connectivity index (χ2v) is 11.0. The van der Waals surface area contributed by atoms with Gasteiger partial charge in [0.05, 0.1) is 6.04 Å². The number of benzene rings is 2. The third kappa shape index (κ3) is 6.58. The maximum absolute atomic E-state index is 14.5. The predicted molar refractivity (Wildman–Crippen MR) is 150 cm³/mol. The van der Waals surface area contributed by atoms with Gasteiger partial charge in [-0.2, -0.15) is 23.1 Å². The van der Waals surface area contributed by atoms with E-state index in [4.69, 9.17) is 26.8 Å². The average molecular weight is 590 g/mol. The number of rotatable bonds is 8. The third-order valence-electron chi connectivity index (χ3n) is 7.81. The number of ether oxygens (including phenoxy) is 2. The lowest BCUT2D eigenvalue weighted by Crippen LogP contribution is -2.41. The van der Waals surface area contributed by atoms with Gasteiger partial charge < -0.3 is 25.4 Å². The van der Waals surface area contributed by atoms with Gasteiger partial charge in [-0.15, -0.1) is 0 Å². The number of Topliss-reactive ketones (excluding diaryl/α,β-unsaturated/α-hetero) is 1. The van der Waals surface area contributed by atoms with Crippen molar-refractivity contribution >= 4 is 29.2 Å². The third-order valence-corrected chi connectivity index (χ3v) is 8.04. The Morgan fingerprint density at radius 2 is 1.90 bits per heavy atom. The van der Waals surface area contributed by atoms with Gasteiger partial charge in [0.2, 0.25) is 17.9 Å². The van der Waals surface area contributed by atoms with Crippen molar-refractivity contribution in [2.45, 2.75) is 37.6 Å². The Morgan fingerprint density at radius 3 is 2.59 bits per heavy atom. The van der Waals surface area contributed by atoms with Gasteiger partial charge in [-0.25, -0.2) is 0 Å². The van der Waals surface area contributed by atoms with Crippen molar-refractivity contribution in [1.82, 2.24) is 15.3 Å². The minimum absolute atomic E-state index is 0.0347. The Bertz CT molecular complexity index is 1380. The molecule has 5 rings (SSSR count). The molecule has 218 valence electrons. The summed E-state index contributed by atoms with van der Waals surface area (Å²) < 4.78 is 53.9. The van der Waals surface area contributed by atoms with Crippen LogP contribution in [0.15, 0.2) is 54.6 Å². The standard InChI is InChI=1S/C29H31ClF3N5O3/c1-40-16-23(39)22-15-28(17-35-22)9-11-38(12-10-28)24-14-25(37-27(34)36-24)41-26(29(31,32)33)20-8-7-19(30)13-21(20)18-5-3-2-4-6-18/h2-8,13-14,22,26,35H,9-12,15-17H2,1H3,(H2,34,36,37)/t22-,26+/m0/s1. The lowest BCUT2D eigenvalue weighted by molar-refractivity contribution is -0.198. The van der Waals surface area contributed by atoms with Crippen LogP contribution in [0.5, 0.6) is 5.88 Å². The summed E-state index contributed by atoms with van der Waals surface area (Å²) in [5, 5.41) is 3.62. The van der Waals surface area contributed by atoms with Crippen molar-refractivity contribution in [3.8, 4) is 17.0 Å². The highest BCUT2D eigenvalue weighted by Crippen LogP contribution is 2.43. The van der Waals surface area contributed by atoms with Gasteiger partial charge in [0.15, 0.2) is 5.78 Å². The molecule has 3 heterocycles. The number of nitrogen functional groups attached to an aromatic ring is 1. The largest absolute Gasteiger partial charge is 0.459 e. The number of carbonyl (C=O) groups excluding carboxylic acids is 1. The van der Waals surface area contributed by atoms with E-state index in [1.54, 1.807) is 30.3 Å². The van der Waals surface area contributed by atoms with Gasteiger partial charge in [0.1, 0.15) is 12.4 Å². The minimum Gasteiger partial charge on any atom is -0.459 e. The molecule has 8 nitrogen and oxygen atoms in total. The van der Waals surface area contributed by atoms with Crippen LogP contribution >= 0.6 is 11.6 Å². The number of hydrogen-bond acceptors (Lipinski definition) is 8. The summed E-state index contributed by atoms with van der Waals surface area (Å²) in [4.78, 5) is 22.5. The van der Waals surface area contributed by atoms with Crippen molar-refractivity contribution in [3.05, 3.63) is 65.2 Å². The first-order valence-electron chi connectivity index (χ1n) is 13.3. The van der Waals surface area contributed by atoms with Crippen molar-refractivity contribution in [3.63, 3.8) is 0 Å². The van der Waals surface area contributed by atoms with E-state index in [1.807, 2.05) is 4.90 Å². The van der Waals surface area contributed by atoms with Gasteiger partial charge in [-0.1, -0.05) is 48.0 Å². The Labute approximate surface area is 241 Å². The number of piperidine rings is 1. The number of nitrogens with two attached hydrogens (primary N) is 1. The van der Waals surface area contributed by atoms with Gasteiger partial charge in [0.25, 0.3) is 0 Å². The lowest BCUT2D eigenvalue weighted by atomic mass is 9.76. The number of ketones is 1. The van der Waals surface area contributed by atoms with Crippen LogP contribution in [0, 0.1) is 5.41 Å². The van der Waals surface area contributed by atoms with Crippen molar-refractivity contribution in [2.24, 2.45) is 5.41 Å². The Balaban J connectivity index is 1.36. The van der Waals surface area contributed by atoms with Crippen LogP contribution in [0.2, 0.25) is 5.02 Å². The lowest BCUT2D eigenvalue weighted by Gasteiger charge is -2.39. The first-order chi connectivity index (χ1) is 19.6. The quantitative estimate of drug-likeness (QED) is 0.368. The number of hydrogen-bond donors (Lipinski definition) is 2. The molecule has 0 bridgehead atoms. The van der Waals surface area contributed by atoms with E-state index in [1.165, 1.54) is 31.4 Å². The molecular formula is C29H31ClF3N5O3. The maximum Gasteiger partial charge on any atom is 0.429 e. The number of alkyl halides is 3. The maximum atomic E-state index is 14.5. The van der Waals surface area contributed by atoms with Gasteiger partial charge in [-0.3, -0.25) is 4.79 Å². The molecule has 0 saturated carbocycles. The molecule has 0 unspecified atom stereocenters. The highest BCUT2D eigenvalue weighted by atomic mass is 35.5. The van der Waals surface area contributed by atoms with Crippen molar-refractivity contribution in [2.75, 3.05) is 44.0 Å². The highest BCUT2D eigenvalue weighted by molar-refractivity contribution is 6.30. The van der Waals surface area contributed by atoms with Crippen LogP contribution in [0.1, 0.15) is 30.9 Å². The molecule has 0 aliphatic carbocycles. The Morgan fingerprint density at radius 1 is 1.17 bits per heavy atom. The van der Waals surface area contributed by atoms with E-state index in [9.17, 15) is 18.0 Å². The molecule has 2 aromatic carbocycles. The predicted octanol–water partition coefficient (Wildman–Crippen LogP) is 5.23. The molecule has 3 aromatic rings. The zero-order chi connectivity index (χ0) is 29.2. The molecule has 2 aliphatic heterocycles. The summed E-state index contributed by atoms with van der Waals surface area (Å²) in [5.74, 6) is -0.0455. The topological polar surface area (TPSA) is 103 Å². The Hall–Kier alpha value is -3.41. The van der Waals surface area contributed by atoms with Crippen LogP contribution < -0.4 is 20.7 Å². The molecule has 3 N–H and O–H groups in total. The molecule has 1 spiro atoms. The van der Waals surface area contributed by atoms with Gasteiger partial charge in [0, 0.05) is 43.4 Å². The number of carbonyl (C=O) groups is 1. The zero-order valence-corrected chi connectivity index (χ0v) is 23.2. The first-order valence-corrected chi connectivity index (χ1v) is 13.7. The Kier molecular flexibility index (Phi) is 8.40. The second kappa shape index (κ2) is 11.8. The number of nitrogens with one attached hydrogen (secondary N) is 1. The van der Waals surface area contributed by atoms with Crippen LogP contribution in [-0.4, -0.2) is 61.3 Å². The first kappa shape index (κ1) is 29.1. The molecule has 2 aliphatic rings. The summed E-state index contributed by atoms with van der Waals surface area (Å²) in [6, 6.07) is 14.0. The van der Waals surface area contributed by atoms with Gasteiger partial charge in [-0.05, 0) is 47.9 Å². The minimum atomic E-state index is -4.76. The summed E-state index contributed by atoms with van der Waals surface area (Å²) in [7, 11) is 1.50. The fraction of sp³-hybridized carbons (Fsp3) is 0.414. The van der Waals surface area contributed by atoms with E-state index in [0.29, 0.717) is 35.1 Å². The second-order valence-electron chi connectivity index (χ2n) is 10.6. The summed E-state index contributed by atoms with van der Waals surface area (Å²) >= 11 is 6.16. The monoisotopic (exact) mass is 589 g/mol. The van der Waals surface area contributed by atoms with E-state index >= 15 is 0 Å². The number of nitrogens with zero attached hydrogens (tertiary/aromatic N) is 3. The summed E-state index contributed by atoms with van der Waals surface area (Å²) in [5.41, 5.74) is 6.68. The van der Waals surface area contributed by atoms with E-state index in [-0.39, 0.29) is 41.2 Å². The number of aromatic nitrogens is 2. The van der Waals surface area contributed by atoms with Crippen LogP contribution in [0.4, 0.5) is 24.9 Å². The number of anilines is 2. The summed E-state index contributed by atoms with van der Waals surface area (Å²) in [6.45, 7) is 1.99. The molecule has 2 saturated heterocycles. The van der Waals surface area contributed by atoms with Crippen molar-refractivity contribution < 1.29 is 27.4 Å². The molecule has 2 atom stereocenters. The number of methoxy groups -OCH3 is 1. The van der Waals surface area contributed by atoms with Crippen molar-refractivity contribution in [1.29, 1.82) is 0 Å². The van der Waals surface area contributed by atoms with E-state index in [2.05, 4.69) is 15.3 Å². The van der Waals surface area contributed by atoms with Gasteiger partial charge >= 0.3 is 6.18 Å². The van der Waals surface area contributed by atoms with Crippen LogP contribution in [0.3, 0.4) is 0 Å². The fourth-order valence-electron chi connectivity index (χ4n) is 5.68. The van der Waals surface area contributed by atoms with E-state index < -0.39 is 12.3 Å². The normalized spacial score (nSPS) is 19.3. The average Bonchev–Trinajstić information content (AvgIpc) is 3.35. The van der Waals surface area contributed by atoms with Crippen LogP contribution in [-0.2, 0) is 9.53 Å². The molecular weight excluding hydrogens is 559 g/mol. The van der Waals surface area contributed by atoms with Crippen LogP contribution in [0.25, 0.3) is 11.1 Å².